The zero-order valence-corrected chi connectivity index (χ0v) is 10.4. The highest BCUT2D eigenvalue weighted by Gasteiger charge is 2.21. The van der Waals surface area contributed by atoms with Crippen molar-refractivity contribution in [3.63, 3.8) is 0 Å². The SMILES string of the molecule is N#CC1CNCCN1Cc1cncc(Br)c1. The molecule has 84 valence electrons. The lowest BCUT2D eigenvalue weighted by Gasteiger charge is -2.31. The van der Waals surface area contributed by atoms with Gasteiger partial charge >= 0.3 is 0 Å². The van der Waals surface area contributed by atoms with E-state index in [9.17, 15) is 0 Å². The van der Waals surface area contributed by atoms with Crippen LogP contribution in [-0.4, -0.2) is 35.6 Å². The van der Waals surface area contributed by atoms with Gasteiger partial charge in [-0.2, -0.15) is 5.26 Å². The number of nitrogens with one attached hydrogen (secondary N) is 1. The van der Waals surface area contributed by atoms with Crippen LogP contribution in [-0.2, 0) is 6.54 Å². The molecule has 0 saturated carbocycles. The van der Waals surface area contributed by atoms with Crippen molar-refractivity contribution in [1.82, 2.24) is 15.2 Å². The van der Waals surface area contributed by atoms with Gasteiger partial charge in [-0.1, -0.05) is 0 Å². The Labute approximate surface area is 103 Å². The topological polar surface area (TPSA) is 52.0 Å². The summed E-state index contributed by atoms with van der Waals surface area (Å²) in [6.45, 7) is 3.38. The molecule has 1 aliphatic rings. The van der Waals surface area contributed by atoms with Crippen molar-refractivity contribution < 1.29 is 0 Å². The number of hydrogen-bond donors (Lipinski definition) is 1. The molecule has 2 heterocycles. The predicted octanol–water partition coefficient (Wildman–Crippen LogP) is 1.14. The van der Waals surface area contributed by atoms with Crippen molar-refractivity contribution in [2.24, 2.45) is 0 Å². The van der Waals surface area contributed by atoms with Crippen molar-refractivity contribution in [3.05, 3.63) is 28.5 Å². The Morgan fingerprint density at radius 3 is 3.25 bits per heavy atom. The minimum Gasteiger partial charge on any atom is -0.313 e. The Hall–Kier alpha value is -0.960. The Bertz CT molecular complexity index is 401. The van der Waals surface area contributed by atoms with Gasteiger partial charge in [0.1, 0.15) is 6.04 Å². The molecule has 16 heavy (non-hydrogen) atoms. The Morgan fingerprint density at radius 2 is 2.50 bits per heavy atom. The van der Waals surface area contributed by atoms with Crippen molar-refractivity contribution in [2.45, 2.75) is 12.6 Å². The summed E-state index contributed by atoms with van der Waals surface area (Å²) in [5.41, 5.74) is 1.14. The molecular weight excluding hydrogens is 268 g/mol. The van der Waals surface area contributed by atoms with Crippen molar-refractivity contribution in [2.75, 3.05) is 19.6 Å². The van der Waals surface area contributed by atoms with Gasteiger partial charge in [-0.05, 0) is 27.6 Å². The Morgan fingerprint density at radius 1 is 1.62 bits per heavy atom. The molecule has 0 radical (unpaired) electrons. The smallest absolute Gasteiger partial charge is 0.111 e. The molecule has 0 aromatic carbocycles. The summed E-state index contributed by atoms with van der Waals surface area (Å²) >= 11 is 3.40. The molecule has 1 unspecified atom stereocenters. The quantitative estimate of drug-likeness (QED) is 0.883. The van der Waals surface area contributed by atoms with Gasteiger partial charge in [0, 0.05) is 43.0 Å². The van der Waals surface area contributed by atoms with Crippen LogP contribution in [0.15, 0.2) is 22.9 Å². The molecule has 5 heteroatoms. The maximum Gasteiger partial charge on any atom is 0.111 e. The fourth-order valence-electron chi connectivity index (χ4n) is 1.84. The normalized spacial score (nSPS) is 21.6. The van der Waals surface area contributed by atoms with Crippen molar-refractivity contribution >= 4 is 15.9 Å². The van der Waals surface area contributed by atoms with Crippen molar-refractivity contribution in [3.8, 4) is 6.07 Å². The van der Waals surface area contributed by atoms with E-state index in [2.05, 4.69) is 37.2 Å². The van der Waals surface area contributed by atoms with E-state index in [1.807, 2.05) is 12.3 Å². The first-order chi connectivity index (χ1) is 7.79. The standard InChI is InChI=1S/C11H13BrN4/c12-10-3-9(5-15-6-10)8-16-2-1-14-7-11(16)4-13/h3,5-6,11,14H,1-2,7-8H2. The van der Waals surface area contributed by atoms with E-state index in [-0.39, 0.29) is 6.04 Å². The van der Waals surface area contributed by atoms with E-state index in [0.717, 1.165) is 36.2 Å². The van der Waals surface area contributed by atoms with Crippen LogP contribution in [0.1, 0.15) is 5.56 Å². The minimum absolute atomic E-state index is 0.0345. The first kappa shape index (κ1) is 11.5. The maximum absolute atomic E-state index is 9.04. The van der Waals surface area contributed by atoms with Crippen LogP contribution in [0, 0.1) is 11.3 Å². The molecule has 1 aromatic rings. The van der Waals surface area contributed by atoms with Crippen LogP contribution in [0.4, 0.5) is 0 Å². The number of pyridine rings is 1. The molecule has 1 aliphatic heterocycles. The molecule has 0 aliphatic carbocycles. The lowest BCUT2D eigenvalue weighted by atomic mass is 10.2. The number of rotatable bonds is 2. The van der Waals surface area contributed by atoms with E-state index in [4.69, 9.17) is 5.26 Å². The number of nitriles is 1. The van der Waals surface area contributed by atoms with Gasteiger partial charge in [-0.15, -0.1) is 0 Å². The zero-order valence-electron chi connectivity index (χ0n) is 8.86. The number of aromatic nitrogens is 1. The second-order valence-electron chi connectivity index (χ2n) is 3.83. The third-order valence-corrected chi connectivity index (χ3v) is 3.08. The molecular formula is C11H13BrN4. The zero-order chi connectivity index (χ0) is 11.4. The Kier molecular flexibility index (Phi) is 3.88. The molecule has 2 rings (SSSR count). The molecule has 4 nitrogen and oxygen atoms in total. The number of piperazine rings is 1. The van der Waals surface area contributed by atoms with Crippen molar-refractivity contribution in [1.29, 1.82) is 5.26 Å². The number of hydrogen-bond acceptors (Lipinski definition) is 4. The van der Waals surface area contributed by atoms with Gasteiger partial charge < -0.3 is 5.32 Å². The molecule has 1 saturated heterocycles. The monoisotopic (exact) mass is 280 g/mol. The van der Waals surface area contributed by atoms with Gasteiger partial charge in [0.05, 0.1) is 6.07 Å². The van der Waals surface area contributed by atoms with E-state index in [1.54, 1.807) is 6.20 Å². The van der Waals surface area contributed by atoms with E-state index >= 15 is 0 Å². The van der Waals surface area contributed by atoms with Crippen LogP contribution in [0.5, 0.6) is 0 Å². The maximum atomic E-state index is 9.04. The van der Waals surface area contributed by atoms with Gasteiger partial charge in [-0.3, -0.25) is 9.88 Å². The van der Waals surface area contributed by atoms with Gasteiger partial charge in [0.15, 0.2) is 0 Å². The summed E-state index contributed by atoms with van der Waals surface area (Å²) in [5.74, 6) is 0. The van der Waals surface area contributed by atoms with Crippen LogP contribution in [0.3, 0.4) is 0 Å². The first-order valence-electron chi connectivity index (χ1n) is 5.23. The summed E-state index contributed by atoms with van der Waals surface area (Å²) in [5, 5.41) is 12.3. The van der Waals surface area contributed by atoms with E-state index < -0.39 is 0 Å². The second kappa shape index (κ2) is 5.39. The summed E-state index contributed by atoms with van der Waals surface area (Å²) in [4.78, 5) is 6.31. The first-order valence-corrected chi connectivity index (χ1v) is 6.02. The molecule has 1 aromatic heterocycles. The van der Waals surface area contributed by atoms with Crippen LogP contribution in [0.2, 0.25) is 0 Å². The van der Waals surface area contributed by atoms with E-state index in [0.29, 0.717) is 0 Å². The third kappa shape index (κ3) is 2.79. The highest BCUT2D eigenvalue weighted by Crippen LogP contribution is 2.13. The second-order valence-corrected chi connectivity index (χ2v) is 4.75. The fourth-order valence-corrected chi connectivity index (χ4v) is 2.25. The molecule has 1 fully saturated rings. The van der Waals surface area contributed by atoms with Crippen LogP contribution < -0.4 is 5.32 Å². The number of nitrogens with zero attached hydrogens (tertiary/aromatic N) is 3. The highest BCUT2D eigenvalue weighted by molar-refractivity contribution is 9.10. The highest BCUT2D eigenvalue weighted by atomic mass is 79.9. The summed E-state index contributed by atoms with van der Waals surface area (Å²) in [7, 11) is 0. The molecule has 0 spiro atoms. The lowest BCUT2D eigenvalue weighted by Crippen LogP contribution is -2.49. The summed E-state index contributed by atoms with van der Waals surface area (Å²) < 4.78 is 0.980. The average molecular weight is 281 g/mol. The predicted molar refractivity (Wildman–Crippen MR) is 64.6 cm³/mol. The minimum atomic E-state index is -0.0345. The fraction of sp³-hybridized carbons (Fsp3) is 0.455. The van der Waals surface area contributed by atoms with Crippen LogP contribution >= 0.6 is 15.9 Å². The average Bonchev–Trinajstić information content (AvgIpc) is 2.30. The molecule has 1 N–H and O–H groups in total. The van der Waals surface area contributed by atoms with Gasteiger partial charge in [0.25, 0.3) is 0 Å². The van der Waals surface area contributed by atoms with Gasteiger partial charge in [-0.25, -0.2) is 0 Å². The van der Waals surface area contributed by atoms with Gasteiger partial charge in [0.2, 0.25) is 0 Å². The van der Waals surface area contributed by atoms with Crippen LogP contribution in [0.25, 0.3) is 0 Å². The van der Waals surface area contributed by atoms with E-state index in [1.165, 1.54) is 0 Å². The Balaban J connectivity index is 2.05. The number of halogens is 1. The largest absolute Gasteiger partial charge is 0.313 e. The summed E-state index contributed by atoms with van der Waals surface area (Å²) in [6.07, 6.45) is 3.62. The molecule has 0 amide bonds. The molecule has 0 bridgehead atoms. The molecule has 1 atom stereocenters. The lowest BCUT2D eigenvalue weighted by molar-refractivity contribution is 0.189. The third-order valence-electron chi connectivity index (χ3n) is 2.65. The summed E-state index contributed by atoms with van der Waals surface area (Å²) in [6, 6.07) is 4.33.